The maximum atomic E-state index is 2.56. The van der Waals surface area contributed by atoms with Crippen LogP contribution in [-0.4, -0.2) is 37.1 Å². The van der Waals surface area contributed by atoms with E-state index in [1.165, 1.54) is 29.9 Å². The summed E-state index contributed by atoms with van der Waals surface area (Å²) in [6.45, 7) is 16.0. The quantitative estimate of drug-likeness (QED) is 0.818. The van der Waals surface area contributed by atoms with Crippen LogP contribution in [0.15, 0.2) is 18.2 Å². The van der Waals surface area contributed by atoms with E-state index < -0.39 is 0 Å². The fourth-order valence-electron chi connectivity index (χ4n) is 3.00. The Morgan fingerprint density at radius 3 is 2.05 bits per heavy atom. The van der Waals surface area contributed by atoms with Crippen molar-refractivity contribution in [2.45, 2.75) is 46.6 Å². The van der Waals surface area contributed by atoms with Crippen LogP contribution in [0.4, 0.5) is 5.69 Å². The third-order valence-corrected chi connectivity index (χ3v) is 4.29. The highest BCUT2D eigenvalue weighted by Crippen LogP contribution is 2.25. The Hall–Kier alpha value is -1.02. The second-order valence-electron chi connectivity index (χ2n) is 6.31. The van der Waals surface area contributed by atoms with Crippen molar-refractivity contribution in [3.05, 3.63) is 29.3 Å². The molecule has 1 aromatic rings. The van der Waals surface area contributed by atoms with Gasteiger partial charge in [0.15, 0.2) is 0 Å². The molecule has 0 aromatic heterocycles. The van der Waals surface area contributed by atoms with Gasteiger partial charge in [0, 0.05) is 37.9 Å². The van der Waals surface area contributed by atoms with Gasteiger partial charge in [-0.25, -0.2) is 0 Å². The molecule has 2 heteroatoms. The lowest BCUT2D eigenvalue weighted by Crippen LogP contribution is -2.48. The molecule has 1 aliphatic rings. The molecule has 1 heterocycles. The molecule has 1 aromatic carbocycles. The number of anilines is 1. The van der Waals surface area contributed by atoms with E-state index in [4.69, 9.17) is 0 Å². The van der Waals surface area contributed by atoms with Gasteiger partial charge in [-0.3, -0.25) is 4.90 Å². The fraction of sp³-hybridized carbons (Fsp3) is 0.647. The SMILES string of the molecule is Cc1cc(N2CCN(C(C)C)CC2)ccc1C(C)C. The zero-order valence-corrected chi connectivity index (χ0v) is 13.1. The van der Waals surface area contributed by atoms with E-state index in [-0.39, 0.29) is 0 Å². The third-order valence-electron chi connectivity index (χ3n) is 4.29. The van der Waals surface area contributed by atoms with Crippen LogP contribution < -0.4 is 4.90 Å². The number of aryl methyl sites for hydroxylation is 1. The summed E-state index contributed by atoms with van der Waals surface area (Å²) in [5.74, 6) is 0.617. The summed E-state index contributed by atoms with van der Waals surface area (Å²) in [5, 5.41) is 0. The summed E-state index contributed by atoms with van der Waals surface area (Å²) in [4.78, 5) is 5.09. The summed E-state index contributed by atoms with van der Waals surface area (Å²) in [6.07, 6.45) is 0. The maximum Gasteiger partial charge on any atom is 0.0369 e. The molecular formula is C17H28N2. The molecular weight excluding hydrogens is 232 g/mol. The Kier molecular flexibility index (Phi) is 4.51. The first-order valence-electron chi connectivity index (χ1n) is 7.58. The lowest BCUT2D eigenvalue weighted by molar-refractivity contribution is 0.209. The van der Waals surface area contributed by atoms with E-state index in [0.29, 0.717) is 12.0 Å². The maximum absolute atomic E-state index is 2.56. The van der Waals surface area contributed by atoms with Gasteiger partial charge < -0.3 is 4.90 Å². The topological polar surface area (TPSA) is 6.48 Å². The standard InChI is InChI=1S/C17H28N2/c1-13(2)17-7-6-16(12-15(17)5)19-10-8-18(9-11-19)14(3)4/h6-7,12-14H,8-11H2,1-5H3. The van der Waals surface area contributed by atoms with Gasteiger partial charge in [-0.05, 0) is 49.9 Å². The summed E-state index contributed by atoms with van der Waals surface area (Å²) >= 11 is 0. The molecule has 0 spiro atoms. The fourth-order valence-corrected chi connectivity index (χ4v) is 3.00. The number of nitrogens with zero attached hydrogens (tertiary/aromatic N) is 2. The smallest absolute Gasteiger partial charge is 0.0369 e. The average Bonchev–Trinajstić information content (AvgIpc) is 2.38. The first-order chi connectivity index (χ1) is 8.99. The van der Waals surface area contributed by atoms with Crippen molar-refractivity contribution in [3.8, 4) is 0 Å². The normalized spacial score (nSPS) is 17.5. The van der Waals surface area contributed by atoms with Gasteiger partial charge in [0.05, 0.1) is 0 Å². The predicted octanol–water partition coefficient (Wildman–Crippen LogP) is 3.65. The first kappa shape index (κ1) is 14.4. The Labute approximate surface area is 118 Å². The van der Waals surface area contributed by atoms with Crippen LogP contribution in [0.3, 0.4) is 0 Å². The minimum atomic E-state index is 0.617. The Morgan fingerprint density at radius 2 is 1.58 bits per heavy atom. The van der Waals surface area contributed by atoms with Gasteiger partial charge in [0.25, 0.3) is 0 Å². The Morgan fingerprint density at radius 1 is 0.947 bits per heavy atom. The lowest BCUT2D eigenvalue weighted by Gasteiger charge is -2.38. The second kappa shape index (κ2) is 5.96. The molecule has 0 bridgehead atoms. The summed E-state index contributed by atoms with van der Waals surface area (Å²) in [6, 6.07) is 7.64. The third kappa shape index (κ3) is 3.30. The van der Waals surface area contributed by atoms with Crippen molar-refractivity contribution in [3.63, 3.8) is 0 Å². The van der Waals surface area contributed by atoms with Crippen molar-refractivity contribution < 1.29 is 0 Å². The molecule has 0 unspecified atom stereocenters. The van der Waals surface area contributed by atoms with Crippen molar-refractivity contribution in [1.29, 1.82) is 0 Å². The van der Waals surface area contributed by atoms with E-state index in [9.17, 15) is 0 Å². The van der Waals surface area contributed by atoms with Crippen LogP contribution in [0.5, 0.6) is 0 Å². The van der Waals surface area contributed by atoms with Gasteiger partial charge in [0.1, 0.15) is 0 Å². The highest BCUT2D eigenvalue weighted by molar-refractivity contribution is 5.51. The van der Waals surface area contributed by atoms with E-state index >= 15 is 0 Å². The molecule has 0 amide bonds. The number of piperazine rings is 1. The monoisotopic (exact) mass is 260 g/mol. The Balaban J connectivity index is 2.06. The lowest BCUT2D eigenvalue weighted by atomic mass is 9.97. The van der Waals surface area contributed by atoms with Gasteiger partial charge in [-0.1, -0.05) is 19.9 Å². The van der Waals surface area contributed by atoms with Gasteiger partial charge >= 0.3 is 0 Å². The van der Waals surface area contributed by atoms with Crippen LogP contribution in [0.25, 0.3) is 0 Å². The largest absolute Gasteiger partial charge is 0.369 e. The molecule has 1 fully saturated rings. The van der Waals surface area contributed by atoms with Crippen LogP contribution in [0, 0.1) is 6.92 Å². The molecule has 106 valence electrons. The number of hydrogen-bond donors (Lipinski definition) is 0. The number of hydrogen-bond acceptors (Lipinski definition) is 2. The highest BCUT2D eigenvalue weighted by atomic mass is 15.3. The molecule has 0 N–H and O–H groups in total. The van der Waals surface area contributed by atoms with E-state index in [2.05, 4.69) is 62.6 Å². The highest BCUT2D eigenvalue weighted by Gasteiger charge is 2.19. The molecule has 0 aliphatic carbocycles. The van der Waals surface area contributed by atoms with Crippen molar-refractivity contribution >= 4 is 5.69 Å². The molecule has 1 aliphatic heterocycles. The molecule has 2 nitrogen and oxygen atoms in total. The van der Waals surface area contributed by atoms with Gasteiger partial charge in [-0.2, -0.15) is 0 Å². The summed E-state index contributed by atoms with van der Waals surface area (Å²) in [5.41, 5.74) is 4.30. The van der Waals surface area contributed by atoms with Gasteiger partial charge in [0.2, 0.25) is 0 Å². The Bertz CT molecular complexity index is 415. The number of rotatable bonds is 3. The van der Waals surface area contributed by atoms with Crippen LogP contribution in [0.2, 0.25) is 0 Å². The molecule has 0 atom stereocenters. The van der Waals surface area contributed by atoms with Crippen molar-refractivity contribution in [2.75, 3.05) is 31.1 Å². The number of benzene rings is 1. The van der Waals surface area contributed by atoms with Gasteiger partial charge in [-0.15, -0.1) is 0 Å². The molecule has 2 rings (SSSR count). The zero-order valence-electron chi connectivity index (χ0n) is 13.1. The van der Waals surface area contributed by atoms with Crippen molar-refractivity contribution in [2.24, 2.45) is 0 Å². The predicted molar refractivity (Wildman–Crippen MR) is 84.2 cm³/mol. The zero-order chi connectivity index (χ0) is 14.0. The first-order valence-corrected chi connectivity index (χ1v) is 7.58. The molecule has 0 saturated carbocycles. The van der Waals surface area contributed by atoms with Crippen LogP contribution >= 0.6 is 0 Å². The minimum absolute atomic E-state index is 0.617. The van der Waals surface area contributed by atoms with Crippen LogP contribution in [-0.2, 0) is 0 Å². The van der Waals surface area contributed by atoms with E-state index in [1.807, 2.05) is 0 Å². The minimum Gasteiger partial charge on any atom is -0.369 e. The molecule has 19 heavy (non-hydrogen) atoms. The van der Waals surface area contributed by atoms with Crippen LogP contribution in [0.1, 0.15) is 44.7 Å². The molecule has 1 saturated heterocycles. The molecule has 0 radical (unpaired) electrons. The van der Waals surface area contributed by atoms with E-state index in [0.717, 1.165) is 13.1 Å². The van der Waals surface area contributed by atoms with E-state index in [1.54, 1.807) is 0 Å². The summed E-state index contributed by atoms with van der Waals surface area (Å²) in [7, 11) is 0. The average molecular weight is 260 g/mol. The second-order valence-corrected chi connectivity index (χ2v) is 6.31. The van der Waals surface area contributed by atoms with Crippen molar-refractivity contribution in [1.82, 2.24) is 4.90 Å². The summed E-state index contributed by atoms with van der Waals surface area (Å²) < 4.78 is 0.